The molecule has 0 saturated carbocycles. The molecular weight excluding hydrogens is 200 g/mol. The van der Waals surface area contributed by atoms with Crippen LogP contribution in [0.5, 0.6) is 0 Å². The van der Waals surface area contributed by atoms with Crippen LogP contribution in [0.15, 0.2) is 54.6 Å². The van der Waals surface area contributed by atoms with Crippen LogP contribution >= 0.6 is 0 Å². The molecule has 16 heavy (non-hydrogen) atoms. The Labute approximate surface area is 95.9 Å². The zero-order valence-corrected chi connectivity index (χ0v) is 9.28. The van der Waals surface area contributed by atoms with Crippen LogP contribution in [0.25, 0.3) is 0 Å². The SMILES string of the molecule is C=C(CCC(=C)C(=O)O)Cc1ccccc1. The molecule has 1 aromatic rings. The van der Waals surface area contributed by atoms with Crippen molar-refractivity contribution in [1.29, 1.82) is 0 Å². The van der Waals surface area contributed by atoms with E-state index in [1.165, 1.54) is 5.56 Å². The molecule has 0 heterocycles. The Bertz CT molecular complexity index is 390. The van der Waals surface area contributed by atoms with Gasteiger partial charge in [0.15, 0.2) is 0 Å². The van der Waals surface area contributed by atoms with Gasteiger partial charge < -0.3 is 5.11 Å². The van der Waals surface area contributed by atoms with E-state index in [2.05, 4.69) is 13.2 Å². The lowest BCUT2D eigenvalue weighted by atomic mass is 10.0. The molecule has 0 aliphatic carbocycles. The average molecular weight is 216 g/mol. The van der Waals surface area contributed by atoms with Crippen LogP contribution in [-0.2, 0) is 11.2 Å². The second-order valence-electron chi connectivity index (χ2n) is 3.82. The summed E-state index contributed by atoms with van der Waals surface area (Å²) >= 11 is 0. The Balaban J connectivity index is 2.37. The van der Waals surface area contributed by atoms with Crippen LogP contribution in [-0.4, -0.2) is 11.1 Å². The van der Waals surface area contributed by atoms with E-state index < -0.39 is 5.97 Å². The molecule has 0 amide bonds. The Kier molecular flexibility index (Phi) is 4.52. The van der Waals surface area contributed by atoms with Crippen LogP contribution in [0.2, 0.25) is 0 Å². The van der Waals surface area contributed by atoms with Crippen molar-refractivity contribution < 1.29 is 9.90 Å². The summed E-state index contributed by atoms with van der Waals surface area (Å²) in [5.74, 6) is -0.924. The van der Waals surface area contributed by atoms with Gasteiger partial charge in [-0.25, -0.2) is 4.79 Å². The lowest BCUT2D eigenvalue weighted by molar-refractivity contribution is -0.132. The zero-order valence-electron chi connectivity index (χ0n) is 9.28. The average Bonchev–Trinajstić information content (AvgIpc) is 2.27. The topological polar surface area (TPSA) is 37.3 Å². The van der Waals surface area contributed by atoms with E-state index in [0.29, 0.717) is 12.8 Å². The summed E-state index contributed by atoms with van der Waals surface area (Å²) in [6, 6.07) is 10.0. The highest BCUT2D eigenvalue weighted by atomic mass is 16.4. The summed E-state index contributed by atoms with van der Waals surface area (Å²) in [5.41, 5.74) is 2.48. The van der Waals surface area contributed by atoms with E-state index in [4.69, 9.17) is 5.11 Å². The van der Waals surface area contributed by atoms with Gasteiger partial charge in [-0.1, -0.05) is 49.1 Å². The van der Waals surface area contributed by atoms with Crippen molar-refractivity contribution in [1.82, 2.24) is 0 Å². The molecule has 0 saturated heterocycles. The Morgan fingerprint density at radius 2 is 1.75 bits per heavy atom. The molecule has 0 aliphatic heterocycles. The van der Waals surface area contributed by atoms with Gasteiger partial charge in [0, 0.05) is 5.57 Å². The predicted molar refractivity (Wildman–Crippen MR) is 65.3 cm³/mol. The van der Waals surface area contributed by atoms with Crippen molar-refractivity contribution in [3.63, 3.8) is 0 Å². The third-order valence-electron chi connectivity index (χ3n) is 2.38. The van der Waals surface area contributed by atoms with E-state index in [1.54, 1.807) is 0 Å². The van der Waals surface area contributed by atoms with Gasteiger partial charge in [0.05, 0.1) is 0 Å². The van der Waals surface area contributed by atoms with Crippen LogP contribution in [0.3, 0.4) is 0 Å². The third-order valence-corrected chi connectivity index (χ3v) is 2.38. The minimum Gasteiger partial charge on any atom is -0.478 e. The highest BCUT2D eigenvalue weighted by Gasteiger charge is 2.04. The number of carboxylic acid groups (broad SMARTS) is 1. The van der Waals surface area contributed by atoms with Gasteiger partial charge in [-0.15, -0.1) is 0 Å². The molecule has 2 nitrogen and oxygen atoms in total. The van der Waals surface area contributed by atoms with Crippen molar-refractivity contribution in [2.24, 2.45) is 0 Å². The van der Waals surface area contributed by atoms with E-state index in [0.717, 1.165) is 12.0 Å². The van der Waals surface area contributed by atoms with Crippen molar-refractivity contribution >= 4 is 5.97 Å². The summed E-state index contributed by atoms with van der Waals surface area (Å²) in [7, 11) is 0. The molecule has 84 valence electrons. The van der Waals surface area contributed by atoms with Gasteiger partial charge in [-0.2, -0.15) is 0 Å². The highest BCUT2D eigenvalue weighted by molar-refractivity contribution is 5.85. The van der Waals surface area contributed by atoms with Crippen LogP contribution in [0.4, 0.5) is 0 Å². The number of hydrogen-bond donors (Lipinski definition) is 1. The first-order valence-corrected chi connectivity index (χ1v) is 5.21. The first-order chi connectivity index (χ1) is 7.59. The molecule has 0 bridgehead atoms. The largest absolute Gasteiger partial charge is 0.478 e. The monoisotopic (exact) mass is 216 g/mol. The van der Waals surface area contributed by atoms with E-state index in [-0.39, 0.29) is 5.57 Å². The zero-order chi connectivity index (χ0) is 12.0. The second kappa shape index (κ2) is 5.91. The molecule has 0 aliphatic rings. The first-order valence-electron chi connectivity index (χ1n) is 5.21. The van der Waals surface area contributed by atoms with Crippen LogP contribution in [0.1, 0.15) is 18.4 Å². The van der Waals surface area contributed by atoms with Crippen molar-refractivity contribution in [2.45, 2.75) is 19.3 Å². The first kappa shape index (κ1) is 12.2. The number of carbonyl (C=O) groups is 1. The summed E-state index contributed by atoms with van der Waals surface area (Å²) in [6.07, 6.45) is 1.95. The lowest BCUT2D eigenvalue weighted by Crippen LogP contribution is -1.99. The molecule has 1 rings (SSSR count). The molecule has 2 heteroatoms. The summed E-state index contributed by atoms with van der Waals surface area (Å²) < 4.78 is 0. The quantitative estimate of drug-likeness (QED) is 0.585. The highest BCUT2D eigenvalue weighted by Crippen LogP contribution is 2.14. The summed E-state index contributed by atoms with van der Waals surface area (Å²) in [6.45, 7) is 7.44. The van der Waals surface area contributed by atoms with Gasteiger partial charge in [-0.3, -0.25) is 0 Å². The number of carboxylic acids is 1. The maximum atomic E-state index is 10.5. The summed E-state index contributed by atoms with van der Waals surface area (Å²) in [4.78, 5) is 10.5. The maximum Gasteiger partial charge on any atom is 0.330 e. The number of allylic oxidation sites excluding steroid dienone is 1. The van der Waals surface area contributed by atoms with E-state index in [1.807, 2.05) is 30.3 Å². The van der Waals surface area contributed by atoms with Gasteiger partial charge >= 0.3 is 5.97 Å². The number of aliphatic carboxylic acids is 1. The smallest absolute Gasteiger partial charge is 0.330 e. The van der Waals surface area contributed by atoms with Crippen LogP contribution in [0, 0.1) is 0 Å². The van der Waals surface area contributed by atoms with E-state index in [9.17, 15) is 4.79 Å². The minimum absolute atomic E-state index is 0.245. The fourth-order valence-corrected chi connectivity index (χ4v) is 1.41. The van der Waals surface area contributed by atoms with Crippen molar-refractivity contribution in [3.8, 4) is 0 Å². The van der Waals surface area contributed by atoms with Gasteiger partial charge in [0.25, 0.3) is 0 Å². The molecule has 1 aromatic carbocycles. The molecular formula is C14H16O2. The molecule has 0 fully saturated rings. The van der Waals surface area contributed by atoms with Gasteiger partial charge in [0.2, 0.25) is 0 Å². The van der Waals surface area contributed by atoms with E-state index >= 15 is 0 Å². The lowest BCUT2D eigenvalue weighted by Gasteiger charge is -2.05. The Hall–Kier alpha value is -1.83. The normalized spacial score (nSPS) is 9.75. The standard InChI is InChI=1S/C14H16O2/c1-11(8-9-12(2)14(15)16)10-13-6-4-3-5-7-13/h3-7H,1-2,8-10H2,(H,15,16). The second-order valence-corrected chi connectivity index (χ2v) is 3.82. The fraction of sp³-hybridized carbons (Fsp3) is 0.214. The molecule has 0 radical (unpaired) electrons. The minimum atomic E-state index is -0.924. The molecule has 0 atom stereocenters. The third kappa shape index (κ3) is 4.13. The Morgan fingerprint density at radius 1 is 1.12 bits per heavy atom. The van der Waals surface area contributed by atoms with Crippen LogP contribution < -0.4 is 0 Å². The van der Waals surface area contributed by atoms with Crippen molar-refractivity contribution in [3.05, 3.63) is 60.2 Å². The molecule has 0 unspecified atom stereocenters. The van der Waals surface area contributed by atoms with Crippen molar-refractivity contribution in [2.75, 3.05) is 0 Å². The number of hydrogen-bond acceptors (Lipinski definition) is 1. The fourth-order valence-electron chi connectivity index (χ4n) is 1.41. The molecule has 0 spiro atoms. The Morgan fingerprint density at radius 3 is 2.31 bits per heavy atom. The number of rotatable bonds is 6. The maximum absolute atomic E-state index is 10.5. The van der Waals surface area contributed by atoms with Gasteiger partial charge in [-0.05, 0) is 24.8 Å². The van der Waals surface area contributed by atoms with Gasteiger partial charge in [0.1, 0.15) is 0 Å². The number of benzene rings is 1. The molecule has 1 N–H and O–H groups in total. The summed E-state index contributed by atoms with van der Waals surface area (Å²) in [5, 5.41) is 8.66. The molecule has 0 aromatic heterocycles. The predicted octanol–water partition coefficient (Wildman–Crippen LogP) is 3.21.